The zero-order chi connectivity index (χ0) is 18.4. The molecule has 0 aliphatic rings. The van der Waals surface area contributed by atoms with E-state index in [1.807, 2.05) is 20.0 Å². The molecule has 26 heavy (non-hydrogen) atoms. The van der Waals surface area contributed by atoms with Crippen molar-refractivity contribution in [3.8, 4) is 0 Å². The smallest absolute Gasteiger partial charge is 0.261 e. The van der Waals surface area contributed by atoms with Crippen molar-refractivity contribution in [1.29, 1.82) is 0 Å². The van der Waals surface area contributed by atoms with Gasteiger partial charge in [0.05, 0.1) is 4.90 Å². The Morgan fingerprint density at radius 1 is 1.12 bits per heavy atom. The Hall–Kier alpha value is -2.09. The van der Waals surface area contributed by atoms with Gasteiger partial charge in [0.2, 0.25) is 0 Å². The van der Waals surface area contributed by atoms with Gasteiger partial charge in [0, 0.05) is 31.4 Å². The normalized spacial score (nSPS) is 10.7. The van der Waals surface area contributed by atoms with Gasteiger partial charge in [-0.05, 0) is 49.9 Å². The predicted molar refractivity (Wildman–Crippen MR) is 107 cm³/mol. The van der Waals surface area contributed by atoms with Crippen LogP contribution in [0, 0.1) is 6.92 Å². The lowest BCUT2D eigenvalue weighted by Crippen LogP contribution is -2.32. The zero-order valence-electron chi connectivity index (χ0n) is 15.0. The SMILES string of the molecule is CNCCN(C)C(=O)c1cccc(S(=O)(=O)Nc2cccc(C)c2)c1.Cl. The first-order valence-corrected chi connectivity index (χ1v) is 9.41. The summed E-state index contributed by atoms with van der Waals surface area (Å²) in [5.41, 5.74) is 1.78. The van der Waals surface area contributed by atoms with Crippen molar-refractivity contribution < 1.29 is 13.2 Å². The molecule has 2 rings (SSSR count). The molecule has 2 aromatic rings. The summed E-state index contributed by atoms with van der Waals surface area (Å²) in [5, 5.41) is 2.97. The summed E-state index contributed by atoms with van der Waals surface area (Å²) in [5.74, 6) is -0.220. The molecule has 0 saturated carbocycles. The summed E-state index contributed by atoms with van der Waals surface area (Å²) in [6.45, 7) is 3.08. The van der Waals surface area contributed by atoms with Gasteiger partial charge in [0.1, 0.15) is 0 Å². The lowest BCUT2D eigenvalue weighted by Gasteiger charge is -2.17. The number of rotatable bonds is 7. The Labute approximate surface area is 161 Å². The van der Waals surface area contributed by atoms with E-state index in [1.165, 1.54) is 12.1 Å². The molecule has 0 aliphatic heterocycles. The van der Waals surface area contributed by atoms with Gasteiger partial charge in [-0.15, -0.1) is 12.4 Å². The van der Waals surface area contributed by atoms with Crippen molar-refractivity contribution in [2.45, 2.75) is 11.8 Å². The molecule has 6 nitrogen and oxygen atoms in total. The maximum atomic E-state index is 12.6. The molecule has 1 amide bonds. The predicted octanol–water partition coefficient (Wildman–Crippen LogP) is 2.51. The Bertz CT molecular complexity index is 856. The number of benzene rings is 2. The highest BCUT2D eigenvalue weighted by Gasteiger charge is 2.18. The van der Waals surface area contributed by atoms with Crippen LogP contribution in [0.3, 0.4) is 0 Å². The monoisotopic (exact) mass is 397 g/mol. The number of carbonyl (C=O) groups excluding carboxylic acids is 1. The number of halogens is 1. The lowest BCUT2D eigenvalue weighted by molar-refractivity contribution is 0.0796. The molecule has 0 spiro atoms. The molecule has 0 aromatic heterocycles. The molecular formula is C18H24ClN3O3S. The van der Waals surface area contributed by atoms with Gasteiger partial charge in [0.25, 0.3) is 15.9 Å². The molecule has 0 saturated heterocycles. The second-order valence-electron chi connectivity index (χ2n) is 5.83. The number of sulfonamides is 1. The molecule has 142 valence electrons. The second kappa shape index (κ2) is 9.56. The van der Waals surface area contributed by atoms with Gasteiger partial charge in [-0.1, -0.05) is 18.2 Å². The summed E-state index contributed by atoms with van der Waals surface area (Å²) in [7, 11) is -0.267. The molecule has 0 radical (unpaired) electrons. The van der Waals surface area contributed by atoms with Crippen molar-refractivity contribution in [2.75, 3.05) is 31.9 Å². The van der Waals surface area contributed by atoms with Crippen molar-refractivity contribution in [2.24, 2.45) is 0 Å². The average molecular weight is 398 g/mol. The maximum Gasteiger partial charge on any atom is 0.261 e. The minimum absolute atomic E-state index is 0. The van der Waals surface area contributed by atoms with E-state index < -0.39 is 10.0 Å². The van der Waals surface area contributed by atoms with E-state index in [9.17, 15) is 13.2 Å². The summed E-state index contributed by atoms with van der Waals surface area (Å²) < 4.78 is 27.7. The highest BCUT2D eigenvalue weighted by atomic mass is 35.5. The van der Waals surface area contributed by atoms with Crippen LogP contribution in [0.1, 0.15) is 15.9 Å². The molecule has 0 fully saturated rings. The van der Waals surface area contributed by atoms with E-state index in [2.05, 4.69) is 10.0 Å². The molecule has 2 aromatic carbocycles. The molecule has 0 bridgehead atoms. The fourth-order valence-electron chi connectivity index (χ4n) is 2.32. The number of anilines is 1. The van der Waals surface area contributed by atoms with Crippen LogP contribution in [0.15, 0.2) is 53.4 Å². The van der Waals surface area contributed by atoms with Crippen LogP contribution in [0.2, 0.25) is 0 Å². The highest BCUT2D eigenvalue weighted by Crippen LogP contribution is 2.18. The van der Waals surface area contributed by atoms with Crippen LogP contribution in [0.4, 0.5) is 5.69 Å². The third-order valence-corrected chi connectivity index (χ3v) is 5.08. The second-order valence-corrected chi connectivity index (χ2v) is 7.52. The fraction of sp³-hybridized carbons (Fsp3) is 0.278. The van der Waals surface area contributed by atoms with Crippen LogP contribution in [-0.2, 0) is 10.0 Å². The molecule has 0 aliphatic carbocycles. The summed E-state index contributed by atoms with van der Waals surface area (Å²) >= 11 is 0. The largest absolute Gasteiger partial charge is 0.340 e. The first-order valence-electron chi connectivity index (χ1n) is 7.93. The lowest BCUT2D eigenvalue weighted by atomic mass is 10.2. The average Bonchev–Trinajstić information content (AvgIpc) is 2.58. The number of hydrogen-bond acceptors (Lipinski definition) is 4. The van der Waals surface area contributed by atoms with Gasteiger partial charge in [-0.3, -0.25) is 9.52 Å². The van der Waals surface area contributed by atoms with Crippen LogP contribution in [-0.4, -0.2) is 46.4 Å². The Morgan fingerprint density at radius 2 is 1.81 bits per heavy atom. The minimum Gasteiger partial charge on any atom is -0.340 e. The van der Waals surface area contributed by atoms with Crippen molar-refractivity contribution in [3.05, 3.63) is 59.7 Å². The van der Waals surface area contributed by atoms with Crippen molar-refractivity contribution in [1.82, 2.24) is 10.2 Å². The Kier molecular flexibility index (Phi) is 8.08. The maximum absolute atomic E-state index is 12.6. The third-order valence-electron chi connectivity index (χ3n) is 3.71. The van der Waals surface area contributed by atoms with Gasteiger partial charge < -0.3 is 10.2 Å². The van der Waals surface area contributed by atoms with E-state index >= 15 is 0 Å². The van der Waals surface area contributed by atoms with Gasteiger partial charge in [0.15, 0.2) is 0 Å². The number of aryl methyl sites for hydroxylation is 1. The first kappa shape index (κ1) is 22.0. The summed E-state index contributed by atoms with van der Waals surface area (Å²) in [6.07, 6.45) is 0. The van der Waals surface area contributed by atoms with Gasteiger partial charge in [-0.25, -0.2) is 8.42 Å². The Morgan fingerprint density at radius 3 is 2.46 bits per heavy atom. The third kappa shape index (κ3) is 5.72. The summed E-state index contributed by atoms with van der Waals surface area (Å²) in [6, 6.07) is 13.2. The quantitative estimate of drug-likeness (QED) is 0.752. The standard InChI is InChI=1S/C18H23N3O3S.ClH/c1-14-6-4-8-16(12-14)20-25(23,24)17-9-5-7-15(13-17)18(22)21(3)11-10-19-2;/h4-9,12-13,19-20H,10-11H2,1-3H3;1H. The van der Waals surface area contributed by atoms with E-state index in [-0.39, 0.29) is 23.2 Å². The number of hydrogen-bond donors (Lipinski definition) is 2. The van der Waals surface area contributed by atoms with Gasteiger partial charge in [-0.2, -0.15) is 0 Å². The van der Waals surface area contributed by atoms with Crippen molar-refractivity contribution >= 4 is 34.0 Å². The zero-order valence-corrected chi connectivity index (χ0v) is 16.7. The fourth-order valence-corrected chi connectivity index (χ4v) is 3.42. The summed E-state index contributed by atoms with van der Waals surface area (Å²) in [4.78, 5) is 14.0. The van der Waals surface area contributed by atoms with E-state index in [0.717, 1.165) is 5.56 Å². The Balaban J connectivity index is 0.00000338. The molecule has 0 heterocycles. The highest BCUT2D eigenvalue weighted by molar-refractivity contribution is 7.92. The number of likely N-dealkylation sites (N-methyl/N-ethyl adjacent to an activating group) is 2. The molecule has 8 heteroatoms. The van der Waals surface area contributed by atoms with E-state index in [4.69, 9.17) is 0 Å². The first-order chi connectivity index (χ1) is 11.8. The van der Waals surface area contributed by atoms with E-state index in [0.29, 0.717) is 24.3 Å². The van der Waals surface area contributed by atoms with Crippen LogP contribution in [0.25, 0.3) is 0 Å². The van der Waals surface area contributed by atoms with Crippen LogP contribution >= 0.6 is 12.4 Å². The van der Waals surface area contributed by atoms with Gasteiger partial charge >= 0.3 is 0 Å². The topological polar surface area (TPSA) is 78.5 Å². The van der Waals surface area contributed by atoms with E-state index in [1.54, 1.807) is 42.3 Å². The number of nitrogens with zero attached hydrogens (tertiary/aromatic N) is 1. The molecule has 0 unspecified atom stereocenters. The van der Waals surface area contributed by atoms with Crippen LogP contribution < -0.4 is 10.0 Å². The number of amides is 1. The molecule has 2 N–H and O–H groups in total. The minimum atomic E-state index is -3.76. The molecule has 0 atom stereocenters. The molecular weight excluding hydrogens is 374 g/mol. The number of nitrogens with one attached hydrogen (secondary N) is 2. The van der Waals surface area contributed by atoms with Crippen molar-refractivity contribution in [3.63, 3.8) is 0 Å². The number of carbonyl (C=O) groups is 1. The van der Waals surface area contributed by atoms with Crippen LogP contribution in [0.5, 0.6) is 0 Å².